The molecule has 0 radical (unpaired) electrons. The van der Waals surface area contributed by atoms with Gasteiger partial charge in [0.15, 0.2) is 0 Å². The number of quaternary nitrogens is 1. The van der Waals surface area contributed by atoms with Crippen LogP contribution < -0.4 is 10.2 Å². The molecule has 0 aliphatic rings. The van der Waals surface area contributed by atoms with Crippen molar-refractivity contribution in [1.29, 1.82) is 0 Å². The Balaban J connectivity index is 3.92. The zero-order valence-corrected chi connectivity index (χ0v) is 57.1. The summed E-state index contributed by atoms with van der Waals surface area (Å²) in [5.41, 5.74) is 0. The Bertz CT molecular complexity index is 1490. The van der Waals surface area contributed by atoms with Crippen molar-refractivity contribution in [2.24, 2.45) is 0 Å². The van der Waals surface area contributed by atoms with Crippen molar-refractivity contribution in [2.75, 3.05) is 40.9 Å². The second-order valence-electron chi connectivity index (χ2n) is 26.3. The van der Waals surface area contributed by atoms with E-state index in [1.54, 1.807) is 6.08 Å². The number of unbranched alkanes of at least 4 members (excludes halogenated alkanes) is 49. The van der Waals surface area contributed by atoms with Crippen molar-refractivity contribution < 1.29 is 32.9 Å². The lowest BCUT2D eigenvalue weighted by Crippen LogP contribution is -2.45. The van der Waals surface area contributed by atoms with Crippen LogP contribution in [0, 0.1) is 0 Å². The van der Waals surface area contributed by atoms with Crippen LogP contribution in [0.3, 0.4) is 0 Å². The Hall–Kier alpha value is -1.54. The van der Waals surface area contributed by atoms with Crippen LogP contribution in [-0.4, -0.2) is 68.5 Å². The van der Waals surface area contributed by atoms with Gasteiger partial charge in [-0.05, 0) is 70.6 Å². The largest absolute Gasteiger partial charge is 0.756 e. The first-order valence-electron chi connectivity index (χ1n) is 36.5. The molecule has 0 aromatic rings. The zero-order chi connectivity index (χ0) is 60.5. The molecule has 0 aliphatic heterocycles. The van der Waals surface area contributed by atoms with Gasteiger partial charge in [0.05, 0.1) is 39.9 Å². The van der Waals surface area contributed by atoms with Crippen LogP contribution in [0.1, 0.15) is 367 Å². The van der Waals surface area contributed by atoms with Gasteiger partial charge in [0.25, 0.3) is 7.82 Å². The summed E-state index contributed by atoms with van der Waals surface area (Å²) in [7, 11) is 1.25. The quantitative estimate of drug-likeness (QED) is 0.0272. The van der Waals surface area contributed by atoms with E-state index in [4.69, 9.17) is 9.05 Å². The minimum atomic E-state index is -4.61. The van der Waals surface area contributed by atoms with E-state index >= 15 is 0 Å². The number of aliphatic hydroxyl groups is 1. The molecule has 490 valence electrons. The van der Waals surface area contributed by atoms with Crippen molar-refractivity contribution in [2.45, 2.75) is 379 Å². The van der Waals surface area contributed by atoms with Gasteiger partial charge in [0.2, 0.25) is 5.91 Å². The molecule has 0 fully saturated rings. The molecule has 83 heavy (non-hydrogen) atoms. The van der Waals surface area contributed by atoms with E-state index in [0.29, 0.717) is 17.4 Å². The normalized spacial score (nSPS) is 13.9. The van der Waals surface area contributed by atoms with E-state index < -0.39 is 26.6 Å². The zero-order valence-electron chi connectivity index (χ0n) is 56.2. The Kier molecular flexibility index (Phi) is 63.7. The predicted octanol–water partition coefficient (Wildman–Crippen LogP) is 22.8. The molecule has 0 saturated carbocycles. The summed E-state index contributed by atoms with van der Waals surface area (Å²) in [5.74, 6) is -0.205. The number of nitrogens with zero attached hydrogens (tertiary/aromatic N) is 1. The van der Waals surface area contributed by atoms with Crippen LogP contribution >= 0.6 is 7.82 Å². The van der Waals surface area contributed by atoms with Gasteiger partial charge in [0, 0.05) is 6.42 Å². The number of likely N-dealkylation sites (N-methyl/N-ethyl adjacent to an activating group) is 1. The number of amides is 1. The molecule has 3 unspecified atom stereocenters. The number of rotatable bonds is 68. The summed E-state index contributed by atoms with van der Waals surface area (Å²) < 4.78 is 23.4. The Labute approximate surface area is 518 Å². The number of aliphatic hydroxyl groups excluding tert-OH is 1. The highest BCUT2D eigenvalue weighted by molar-refractivity contribution is 7.45. The number of hydrogen-bond donors (Lipinski definition) is 2. The van der Waals surface area contributed by atoms with Gasteiger partial charge >= 0.3 is 0 Å². The maximum Gasteiger partial charge on any atom is 0.268 e. The SMILES string of the molecule is CCCCCCCCCC/C=C\CCCCCCCCCCCCCCCCCCCCCCCCCCCCCCCC(=O)NC(COP(=O)([O-])OCC[N+](C)(C)C)C(O)/C=C/CC/C=C/CC/C=C/CCCCCCCCCCCC. The van der Waals surface area contributed by atoms with Crippen molar-refractivity contribution in [3.63, 3.8) is 0 Å². The lowest BCUT2D eigenvalue weighted by atomic mass is 10.0. The van der Waals surface area contributed by atoms with Crippen LogP contribution in [0.25, 0.3) is 0 Å². The predicted molar refractivity (Wildman–Crippen MR) is 362 cm³/mol. The second-order valence-corrected chi connectivity index (χ2v) is 27.7. The number of phosphoric acid groups is 1. The summed E-state index contributed by atoms with van der Waals surface area (Å²) in [6.07, 6.45) is 88.4. The molecule has 1 amide bonds. The van der Waals surface area contributed by atoms with Crippen LogP contribution in [0.4, 0.5) is 0 Å². The van der Waals surface area contributed by atoms with Crippen molar-refractivity contribution in [3.05, 3.63) is 48.6 Å². The summed E-state index contributed by atoms with van der Waals surface area (Å²) in [5, 5.41) is 13.9. The number of carbonyl (C=O) groups is 1. The molecule has 2 N–H and O–H groups in total. The lowest BCUT2D eigenvalue weighted by Gasteiger charge is -2.29. The highest BCUT2D eigenvalue weighted by atomic mass is 31.2. The number of phosphoric ester groups is 1. The van der Waals surface area contributed by atoms with Crippen molar-refractivity contribution >= 4 is 13.7 Å². The Morgan fingerprint density at radius 3 is 0.976 bits per heavy atom. The second kappa shape index (κ2) is 64.9. The van der Waals surface area contributed by atoms with E-state index in [9.17, 15) is 19.4 Å². The van der Waals surface area contributed by atoms with Gasteiger partial charge in [-0.3, -0.25) is 9.36 Å². The summed E-state index contributed by atoms with van der Waals surface area (Å²) in [6.45, 7) is 4.66. The van der Waals surface area contributed by atoms with Gasteiger partial charge in [-0.15, -0.1) is 0 Å². The number of carbonyl (C=O) groups excluding carboxylic acids is 1. The third-order valence-corrected chi connectivity index (χ3v) is 17.7. The van der Waals surface area contributed by atoms with E-state index in [1.807, 2.05) is 27.2 Å². The molecule has 0 spiro atoms. The van der Waals surface area contributed by atoms with Crippen molar-refractivity contribution in [3.8, 4) is 0 Å². The van der Waals surface area contributed by atoms with Crippen LogP contribution in [0.2, 0.25) is 0 Å². The fraction of sp³-hybridized carbons (Fsp3) is 0.878. The van der Waals surface area contributed by atoms with E-state index in [0.717, 1.165) is 44.9 Å². The van der Waals surface area contributed by atoms with E-state index in [-0.39, 0.29) is 12.5 Å². The third-order valence-electron chi connectivity index (χ3n) is 16.7. The fourth-order valence-electron chi connectivity index (χ4n) is 11.1. The van der Waals surface area contributed by atoms with Gasteiger partial charge in [-0.2, -0.15) is 0 Å². The van der Waals surface area contributed by atoms with Crippen LogP contribution in [0.5, 0.6) is 0 Å². The monoisotopic (exact) mass is 1190 g/mol. The molecule has 0 rings (SSSR count). The highest BCUT2D eigenvalue weighted by Crippen LogP contribution is 2.38. The lowest BCUT2D eigenvalue weighted by molar-refractivity contribution is -0.870. The first kappa shape index (κ1) is 81.5. The minimum Gasteiger partial charge on any atom is -0.756 e. The minimum absolute atomic E-state index is 0.00778. The maximum atomic E-state index is 13.0. The maximum absolute atomic E-state index is 13.0. The number of nitrogens with one attached hydrogen (secondary N) is 1. The van der Waals surface area contributed by atoms with E-state index in [2.05, 4.69) is 55.6 Å². The highest BCUT2D eigenvalue weighted by Gasteiger charge is 2.23. The topological polar surface area (TPSA) is 108 Å². The molecule has 0 heterocycles. The Morgan fingerprint density at radius 1 is 0.410 bits per heavy atom. The first-order chi connectivity index (χ1) is 40.5. The van der Waals surface area contributed by atoms with Gasteiger partial charge < -0.3 is 28.8 Å². The van der Waals surface area contributed by atoms with Crippen LogP contribution in [0.15, 0.2) is 48.6 Å². The third kappa shape index (κ3) is 67.8. The molecule has 0 saturated heterocycles. The fourth-order valence-corrected chi connectivity index (χ4v) is 11.8. The molecular formula is C74H143N2O6P. The molecule has 0 aliphatic carbocycles. The molecule has 0 aromatic carbocycles. The first-order valence-corrected chi connectivity index (χ1v) is 38.0. The molecule has 3 atom stereocenters. The van der Waals surface area contributed by atoms with E-state index in [1.165, 1.54) is 302 Å². The summed E-state index contributed by atoms with van der Waals surface area (Å²) >= 11 is 0. The smallest absolute Gasteiger partial charge is 0.268 e. The summed E-state index contributed by atoms with van der Waals surface area (Å²) in [6, 6.07) is -0.910. The molecule has 8 nitrogen and oxygen atoms in total. The van der Waals surface area contributed by atoms with Crippen LogP contribution in [-0.2, 0) is 18.4 Å². The molecule has 0 aromatic heterocycles. The van der Waals surface area contributed by atoms with Gasteiger partial charge in [-0.25, -0.2) is 0 Å². The van der Waals surface area contributed by atoms with Gasteiger partial charge in [-0.1, -0.05) is 339 Å². The molecule has 0 bridgehead atoms. The summed E-state index contributed by atoms with van der Waals surface area (Å²) in [4.78, 5) is 25.6. The van der Waals surface area contributed by atoms with Crippen molar-refractivity contribution in [1.82, 2.24) is 5.32 Å². The molecular weight excluding hydrogens is 1040 g/mol. The average molecular weight is 1190 g/mol. The Morgan fingerprint density at radius 2 is 0.675 bits per heavy atom. The average Bonchev–Trinajstić information content (AvgIpc) is 3.49. The van der Waals surface area contributed by atoms with Gasteiger partial charge in [0.1, 0.15) is 13.2 Å². The number of allylic oxidation sites excluding steroid dienone is 7. The number of hydrogen-bond acceptors (Lipinski definition) is 6. The molecule has 9 heteroatoms. The standard InChI is InChI=1S/C74H143N2O6P/c1-6-8-10-12-14-16-18-20-22-24-26-28-29-30-31-32-33-34-35-36-37-38-39-40-41-42-43-44-45-46-47-48-50-52-54-56-58-60-62-64-66-68-74(78)75-72(71-82-83(79,80)81-70-69-76(3,4)5)73(77)67-65-63-61-59-57-55-53-51-49-27-25-23-21-19-17-15-13-11-9-7-2/h24,26,49,51,57,59,65,67,72-73,77H,6-23,25,27-48,50,52-56,58,60-64,66,68-71H2,1-5H3,(H-,75,78,79,80)/b26-24-,51-49+,59-57+,67-65+.